The third-order valence-corrected chi connectivity index (χ3v) is 2.47. The van der Waals surface area contributed by atoms with Crippen molar-refractivity contribution in [3.63, 3.8) is 0 Å². The molecule has 1 aliphatic rings. The number of aliphatic carboxylic acids is 1. The van der Waals surface area contributed by atoms with Crippen molar-refractivity contribution in [3.05, 3.63) is 0 Å². The van der Waals surface area contributed by atoms with E-state index in [-0.39, 0.29) is 12.0 Å². The molecule has 2 unspecified atom stereocenters. The number of hydrogen-bond acceptors (Lipinski definition) is 3. The van der Waals surface area contributed by atoms with Crippen molar-refractivity contribution < 1.29 is 19.4 Å². The van der Waals surface area contributed by atoms with Crippen molar-refractivity contribution in [3.8, 4) is 0 Å². The fraction of sp³-hybridized carbons (Fsp3) is 0.778. The molecule has 0 aromatic carbocycles. The summed E-state index contributed by atoms with van der Waals surface area (Å²) in [4.78, 5) is 21.0. The monoisotopic (exact) mass is 201 g/mol. The van der Waals surface area contributed by atoms with Crippen LogP contribution in [-0.2, 0) is 14.3 Å². The summed E-state index contributed by atoms with van der Waals surface area (Å²) in [6.45, 7) is 3.11. The summed E-state index contributed by atoms with van der Waals surface area (Å²) in [5.74, 6) is -2.12. The van der Waals surface area contributed by atoms with Gasteiger partial charge in [-0.25, -0.2) is 4.79 Å². The first-order valence-corrected chi connectivity index (χ1v) is 4.77. The Morgan fingerprint density at radius 1 is 1.57 bits per heavy atom. The Kier molecular flexibility index (Phi) is 3.88. The molecule has 0 spiro atoms. The summed E-state index contributed by atoms with van der Waals surface area (Å²) in [5, 5.41) is 10.7. The summed E-state index contributed by atoms with van der Waals surface area (Å²) in [5.41, 5.74) is 0. The van der Waals surface area contributed by atoms with Crippen LogP contribution in [0.2, 0.25) is 0 Å². The van der Waals surface area contributed by atoms with E-state index < -0.39 is 11.9 Å². The Balaban J connectivity index is 2.30. The molecule has 0 aliphatic carbocycles. The van der Waals surface area contributed by atoms with E-state index in [1.807, 2.05) is 6.92 Å². The third kappa shape index (κ3) is 2.70. The number of rotatable bonds is 3. The van der Waals surface area contributed by atoms with Crippen LogP contribution < -0.4 is 5.32 Å². The summed E-state index contributed by atoms with van der Waals surface area (Å²) >= 11 is 0. The van der Waals surface area contributed by atoms with Crippen LogP contribution in [-0.4, -0.2) is 36.2 Å². The van der Waals surface area contributed by atoms with E-state index in [4.69, 9.17) is 9.84 Å². The van der Waals surface area contributed by atoms with E-state index in [9.17, 15) is 9.59 Å². The van der Waals surface area contributed by atoms with Crippen molar-refractivity contribution in [2.75, 3.05) is 13.2 Å². The molecule has 1 amide bonds. The Hall–Kier alpha value is -1.10. The molecule has 0 saturated carbocycles. The molecule has 2 atom stereocenters. The molecular weight excluding hydrogens is 186 g/mol. The van der Waals surface area contributed by atoms with Gasteiger partial charge in [0.25, 0.3) is 0 Å². The van der Waals surface area contributed by atoms with Crippen LogP contribution in [0.15, 0.2) is 0 Å². The normalized spacial score (nSPS) is 26.1. The van der Waals surface area contributed by atoms with E-state index in [0.29, 0.717) is 13.2 Å². The first-order chi connectivity index (χ1) is 6.65. The van der Waals surface area contributed by atoms with E-state index in [2.05, 4.69) is 5.32 Å². The number of carboxylic acids is 1. The molecule has 14 heavy (non-hydrogen) atoms. The predicted molar refractivity (Wildman–Crippen MR) is 48.8 cm³/mol. The number of amides is 1. The zero-order valence-corrected chi connectivity index (χ0v) is 8.16. The Bertz CT molecular complexity index is 229. The molecule has 2 N–H and O–H groups in total. The first-order valence-electron chi connectivity index (χ1n) is 4.77. The first kappa shape index (κ1) is 11.0. The molecule has 1 rings (SSSR count). The Morgan fingerprint density at radius 3 is 2.86 bits per heavy atom. The molecule has 5 nitrogen and oxygen atoms in total. The predicted octanol–water partition coefficient (Wildman–Crippen LogP) is 0.00230. The smallest absolute Gasteiger partial charge is 0.394 e. The highest BCUT2D eigenvalue weighted by molar-refractivity contribution is 6.31. The topological polar surface area (TPSA) is 75.6 Å². The van der Waals surface area contributed by atoms with Gasteiger partial charge < -0.3 is 15.2 Å². The number of carbonyl (C=O) groups is 2. The average Bonchev–Trinajstić information content (AvgIpc) is 2.60. The highest BCUT2D eigenvalue weighted by atomic mass is 16.5. The molecule has 1 saturated heterocycles. The molecule has 5 heteroatoms. The summed E-state index contributed by atoms with van der Waals surface area (Å²) in [7, 11) is 0. The third-order valence-electron chi connectivity index (χ3n) is 2.47. The lowest BCUT2D eigenvalue weighted by Crippen LogP contribution is -2.36. The van der Waals surface area contributed by atoms with E-state index >= 15 is 0 Å². The molecule has 0 bridgehead atoms. The second-order valence-electron chi connectivity index (χ2n) is 3.38. The maximum Gasteiger partial charge on any atom is 0.394 e. The SMILES string of the molecule is CCC1OCCC1CNC(=O)C(=O)O. The Morgan fingerprint density at radius 2 is 2.29 bits per heavy atom. The van der Waals surface area contributed by atoms with Crippen LogP contribution in [0.3, 0.4) is 0 Å². The highest BCUT2D eigenvalue weighted by Crippen LogP contribution is 2.22. The van der Waals surface area contributed by atoms with Crippen LogP contribution >= 0.6 is 0 Å². The van der Waals surface area contributed by atoms with E-state index in [1.54, 1.807) is 0 Å². The zero-order chi connectivity index (χ0) is 10.6. The number of ether oxygens (including phenoxy) is 1. The van der Waals surface area contributed by atoms with E-state index in [0.717, 1.165) is 12.8 Å². The van der Waals surface area contributed by atoms with E-state index in [1.165, 1.54) is 0 Å². The molecular formula is C9H15NO4. The summed E-state index contributed by atoms with van der Waals surface area (Å²) < 4.78 is 5.41. The number of carbonyl (C=O) groups excluding carboxylic acids is 1. The fourth-order valence-corrected chi connectivity index (χ4v) is 1.68. The van der Waals surface area contributed by atoms with Gasteiger partial charge in [0, 0.05) is 19.1 Å². The molecule has 0 radical (unpaired) electrons. The molecule has 1 aliphatic heterocycles. The molecule has 0 aromatic rings. The summed E-state index contributed by atoms with van der Waals surface area (Å²) in [6.07, 6.45) is 1.94. The molecule has 1 fully saturated rings. The lowest BCUT2D eigenvalue weighted by atomic mass is 10.00. The zero-order valence-electron chi connectivity index (χ0n) is 8.16. The maximum absolute atomic E-state index is 10.7. The van der Waals surface area contributed by atoms with Gasteiger partial charge in [-0.2, -0.15) is 0 Å². The van der Waals surface area contributed by atoms with Gasteiger partial charge in [-0.15, -0.1) is 0 Å². The second kappa shape index (κ2) is 4.95. The van der Waals surface area contributed by atoms with Gasteiger partial charge in [-0.1, -0.05) is 6.92 Å². The minimum absolute atomic E-state index is 0.157. The largest absolute Gasteiger partial charge is 0.474 e. The van der Waals surface area contributed by atoms with Gasteiger partial charge in [-0.05, 0) is 12.8 Å². The van der Waals surface area contributed by atoms with Crippen LogP contribution in [0.4, 0.5) is 0 Å². The van der Waals surface area contributed by atoms with Crippen molar-refractivity contribution in [1.29, 1.82) is 0 Å². The van der Waals surface area contributed by atoms with Gasteiger partial charge in [0.05, 0.1) is 6.10 Å². The number of carboxylic acid groups (broad SMARTS) is 1. The van der Waals surface area contributed by atoms with Crippen LogP contribution in [0, 0.1) is 5.92 Å². The Labute approximate surface area is 82.4 Å². The van der Waals surface area contributed by atoms with Crippen molar-refractivity contribution in [1.82, 2.24) is 5.32 Å². The number of nitrogens with one attached hydrogen (secondary N) is 1. The summed E-state index contributed by atoms with van der Waals surface area (Å²) in [6, 6.07) is 0. The second-order valence-corrected chi connectivity index (χ2v) is 3.38. The van der Waals surface area contributed by atoms with Gasteiger partial charge in [0.2, 0.25) is 0 Å². The van der Waals surface area contributed by atoms with Crippen LogP contribution in [0.5, 0.6) is 0 Å². The van der Waals surface area contributed by atoms with Crippen molar-refractivity contribution in [2.24, 2.45) is 5.92 Å². The minimum atomic E-state index is -1.43. The van der Waals surface area contributed by atoms with Crippen molar-refractivity contribution in [2.45, 2.75) is 25.9 Å². The number of hydrogen-bond donors (Lipinski definition) is 2. The quantitative estimate of drug-likeness (QED) is 0.630. The highest BCUT2D eigenvalue weighted by Gasteiger charge is 2.27. The lowest BCUT2D eigenvalue weighted by Gasteiger charge is -2.16. The average molecular weight is 201 g/mol. The minimum Gasteiger partial charge on any atom is -0.474 e. The van der Waals surface area contributed by atoms with Gasteiger partial charge in [0.1, 0.15) is 0 Å². The van der Waals surface area contributed by atoms with Gasteiger partial charge >= 0.3 is 11.9 Å². The lowest BCUT2D eigenvalue weighted by molar-refractivity contribution is -0.150. The van der Waals surface area contributed by atoms with Gasteiger partial charge in [0.15, 0.2) is 0 Å². The van der Waals surface area contributed by atoms with Gasteiger partial charge in [-0.3, -0.25) is 4.79 Å². The van der Waals surface area contributed by atoms with Crippen LogP contribution in [0.25, 0.3) is 0 Å². The maximum atomic E-state index is 10.7. The van der Waals surface area contributed by atoms with Crippen molar-refractivity contribution >= 4 is 11.9 Å². The van der Waals surface area contributed by atoms with Crippen LogP contribution in [0.1, 0.15) is 19.8 Å². The molecule has 1 heterocycles. The molecule has 0 aromatic heterocycles. The molecule has 80 valence electrons. The fourth-order valence-electron chi connectivity index (χ4n) is 1.68. The standard InChI is InChI=1S/C9H15NO4/c1-2-7-6(3-4-14-7)5-10-8(11)9(12)13/h6-7H,2-5H2,1H3,(H,10,11)(H,12,13).